The van der Waals surface area contributed by atoms with Crippen LogP contribution in [-0.2, 0) is 14.3 Å². The van der Waals surface area contributed by atoms with Crippen LogP contribution in [0.2, 0.25) is 0 Å². The summed E-state index contributed by atoms with van der Waals surface area (Å²) in [4.78, 5) is 21.6. The molecule has 14 heavy (non-hydrogen) atoms. The maximum atomic E-state index is 11.3. The van der Waals surface area contributed by atoms with Crippen molar-refractivity contribution in [3.05, 3.63) is 0 Å². The van der Waals surface area contributed by atoms with Gasteiger partial charge < -0.3 is 10.5 Å². The zero-order valence-corrected chi connectivity index (χ0v) is 8.95. The van der Waals surface area contributed by atoms with Crippen LogP contribution >= 0.6 is 0 Å². The average molecular weight is 200 g/mol. The van der Waals surface area contributed by atoms with Crippen LogP contribution in [0.1, 0.15) is 33.6 Å². The van der Waals surface area contributed by atoms with Crippen molar-refractivity contribution in [2.24, 2.45) is 11.7 Å². The Labute approximate surface area is 84.8 Å². The summed E-state index contributed by atoms with van der Waals surface area (Å²) in [5.41, 5.74) is 5.62. The lowest BCUT2D eigenvalue weighted by Crippen LogP contribution is -2.40. The van der Waals surface area contributed by atoms with Crippen LogP contribution in [0.5, 0.6) is 0 Å². The normalized spacial score (nSPS) is 16.9. The highest BCUT2D eigenvalue weighted by atomic mass is 16.5. The van der Waals surface area contributed by atoms with Crippen molar-refractivity contribution in [3.63, 3.8) is 0 Å². The van der Waals surface area contributed by atoms with Gasteiger partial charge in [0.15, 0.2) is 6.10 Å². The molecule has 0 saturated heterocycles. The molecule has 0 aliphatic carbocycles. The lowest BCUT2D eigenvalue weighted by molar-refractivity contribution is -0.149. The van der Waals surface area contributed by atoms with Crippen LogP contribution in [0.25, 0.3) is 0 Å². The van der Waals surface area contributed by atoms with Gasteiger partial charge in [0.1, 0.15) is 6.04 Å². The third kappa shape index (κ3) is 3.87. The van der Waals surface area contributed by atoms with E-state index in [0.29, 0.717) is 6.42 Å². The molecule has 0 rings (SSSR count). The Bertz CT molecular complexity index is 194. The van der Waals surface area contributed by atoms with Gasteiger partial charge in [0.2, 0.25) is 6.29 Å². The van der Waals surface area contributed by atoms with Gasteiger partial charge in [-0.15, -0.1) is 0 Å². The molecule has 0 bridgehead atoms. The highest BCUT2D eigenvalue weighted by Gasteiger charge is 2.23. The summed E-state index contributed by atoms with van der Waals surface area (Å²) in [6.07, 6.45) is 2.10. The molecule has 1 radical (unpaired) electrons. The first kappa shape index (κ1) is 13.1. The quantitative estimate of drug-likeness (QED) is 0.643. The number of carbonyl (C=O) groups is 1. The van der Waals surface area contributed by atoms with Crippen LogP contribution in [0.3, 0.4) is 0 Å². The van der Waals surface area contributed by atoms with E-state index in [2.05, 4.69) is 0 Å². The number of esters is 1. The van der Waals surface area contributed by atoms with Gasteiger partial charge in [-0.25, -0.2) is 0 Å². The van der Waals surface area contributed by atoms with Crippen molar-refractivity contribution in [1.29, 1.82) is 0 Å². The van der Waals surface area contributed by atoms with Crippen LogP contribution in [0.15, 0.2) is 0 Å². The monoisotopic (exact) mass is 200 g/mol. The second-order valence-corrected chi connectivity index (χ2v) is 3.36. The largest absolute Gasteiger partial charge is 0.453 e. The fourth-order valence-corrected chi connectivity index (χ4v) is 0.896. The molecule has 0 fully saturated rings. The second kappa shape index (κ2) is 6.54. The first-order valence-electron chi connectivity index (χ1n) is 4.90. The third-order valence-corrected chi connectivity index (χ3v) is 2.29. The fourth-order valence-electron chi connectivity index (χ4n) is 0.896. The summed E-state index contributed by atoms with van der Waals surface area (Å²) >= 11 is 0. The van der Waals surface area contributed by atoms with Crippen molar-refractivity contribution >= 4 is 12.3 Å². The Morgan fingerprint density at radius 2 is 2.00 bits per heavy atom. The molecule has 0 aromatic heterocycles. The van der Waals surface area contributed by atoms with Gasteiger partial charge in [-0.2, -0.15) is 0 Å². The van der Waals surface area contributed by atoms with E-state index in [-0.39, 0.29) is 5.92 Å². The molecule has 3 atom stereocenters. The van der Waals surface area contributed by atoms with E-state index in [9.17, 15) is 9.59 Å². The van der Waals surface area contributed by atoms with Gasteiger partial charge in [-0.05, 0) is 12.3 Å². The van der Waals surface area contributed by atoms with E-state index in [4.69, 9.17) is 10.5 Å². The zero-order chi connectivity index (χ0) is 11.1. The molecule has 4 nitrogen and oxygen atoms in total. The van der Waals surface area contributed by atoms with E-state index in [1.165, 1.54) is 0 Å². The number of rotatable bonds is 6. The minimum absolute atomic E-state index is 0.0617. The van der Waals surface area contributed by atoms with Crippen LogP contribution in [-0.4, -0.2) is 24.4 Å². The number of ether oxygens (including phenoxy) is 1. The molecule has 81 valence electrons. The molecule has 0 saturated carbocycles. The molecular weight excluding hydrogens is 182 g/mol. The van der Waals surface area contributed by atoms with Crippen LogP contribution in [0, 0.1) is 5.92 Å². The van der Waals surface area contributed by atoms with E-state index >= 15 is 0 Å². The predicted octanol–water partition coefficient (Wildman–Crippen LogP) is 0.791. The minimum atomic E-state index is -0.780. The summed E-state index contributed by atoms with van der Waals surface area (Å²) in [7, 11) is 0. The second-order valence-electron chi connectivity index (χ2n) is 3.36. The summed E-state index contributed by atoms with van der Waals surface area (Å²) in [6, 6.07) is -0.651. The highest BCUT2D eigenvalue weighted by molar-refractivity contribution is 5.78. The van der Waals surface area contributed by atoms with Crippen molar-refractivity contribution in [1.82, 2.24) is 0 Å². The summed E-state index contributed by atoms with van der Waals surface area (Å²) in [6.45, 7) is 5.57. The summed E-state index contributed by atoms with van der Waals surface area (Å²) in [5.74, 6) is -0.457. The summed E-state index contributed by atoms with van der Waals surface area (Å²) in [5, 5.41) is 0. The molecule has 1 unspecified atom stereocenters. The molecule has 0 aromatic rings. The Kier molecular flexibility index (Phi) is 6.12. The van der Waals surface area contributed by atoms with Crippen molar-refractivity contribution in [3.8, 4) is 0 Å². The molecule has 2 N–H and O–H groups in total. The van der Waals surface area contributed by atoms with Gasteiger partial charge in [-0.1, -0.05) is 27.2 Å². The van der Waals surface area contributed by atoms with Gasteiger partial charge >= 0.3 is 5.97 Å². The van der Waals surface area contributed by atoms with Crippen LogP contribution in [0.4, 0.5) is 0 Å². The smallest absolute Gasteiger partial charge is 0.323 e. The predicted molar refractivity (Wildman–Crippen MR) is 53.3 cm³/mol. The molecule has 0 amide bonds. The SMILES string of the molecule is CCC([C]=O)OC(=O)[C@@H](N)[C@@H](C)CC. The van der Waals surface area contributed by atoms with Crippen molar-refractivity contribution in [2.45, 2.75) is 45.8 Å². The van der Waals surface area contributed by atoms with E-state index in [1.807, 2.05) is 13.8 Å². The molecule has 0 aliphatic rings. The Morgan fingerprint density at radius 3 is 2.36 bits per heavy atom. The third-order valence-electron chi connectivity index (χ3n) is 2.29. The van der Waals surface area contributed by atoms with Gasteiger partial charge in [-0.3, -0.25) is 9.59 Å². The molecule has 0 aliphatic heterocycles. The Balaban J connectivity index is 4.12. The topological polar surface area (TPSA) is 69.4 Å². The van der Waals surface area contributed by atoms with Crippen LogP contribution < -0.4 is 5.73 Å². The van der Waals surface area contributed by atoms with Gasteiger partial charge in [0.05, 0.1) is 0 Å². The number of hydrogen-bond acceptors (Lipinski definition) is 4. The molecular formula is C10H18NO3. The molecule has 0 aromatic carbocycles. The first-order chi connectivity index (χ1) is 6.56. The molecule has 0 spiro atoms. The molecule has 4 heteroatoms. The van der Waals surface area contributed by atoms with E-state index in [1.54, 1.807) is 13.2 Å². The number of carbonyl (C=O) groups excluding carboxylic acids is 2. The maximum Gasteiger partial charge on any atom is 0.323 e. The minimum Gasteiger partial charge on any atom is -0.453 e. The van der Waals surface area contributed by atoms with Gasteiger partial charge in [0, 0.05) is 0 Å². The number of nitrogens with two attached hydrogens (primary N) is 1. The highest BCUT2D eigenvalue weighted by Crippen LogP contribution is 2.08. The van der Waals surface area contributed by atoms with Crippen molar-refractivity contribution in [2.75, 3.05) is 0 Å². The number of hydrogen-bond donors (Lipinski definition) is 1. The maximum absolute atomic E-state index is 11.3. The van der Waals surface area contributed by atoms with Gasteiger partial charge in [0.25, 0.3) is 0 Å². The summed E-state index contributed by atoms with van der Waals surface area (Å²) < 4.78 is 4.85. The standard InChI is InChI=1S/C10H18NO3/c1-4-7(3)9(11)10(13)14-8(5-2)6-12/h7-9H,4-5,11H2,1-3H3/t7-,8?,9-/m0/s1. The first-order valence-corrected chi connectivity index (χ1v) is 4.90. The fraction of sp³-hybridized carbons (Fsp3) is 0.800. The van der Waals surface area contributed by atoms with Crippen molar-refractivity contribution < 1.29 is 14.3 Å². The Hall–Kier alpha value is -0.900. The van der Waals surface area contributed by atoms with E-state index in [0.717, 1.165) is 6.42 Å². The zero-order valence-electron chi connectivity index (χ0n) is 8.95. The van der Waals surface area contributed by atoms with E-state index < -0.39 is 18.1 Å². The Morgan fingerprint density at radius 1 is 1.43 bits per heavy atom. The lowest BCUT2D eigenvalue weighted by Gasteiger charge is -2.18. The average Bonchev–Trinajstić information content (AvgIpc) is 2.23. The lowest BCUT2D eigenvalue weighted by atomic mass is 10.0. The molecule has 0 heterocycles.